The summed E-state index contributed by atoms with van der Waals surface area (Å²) in [5.41, 5.74) is 3.34. The Morgan fingerprint density at radius 3 is 2.38 bits per heavy atom. The molecule has 0 unspecified atom stereocenters. The first-order valence-corrected chi connectivity index (χ1v) is 9.76. The van der Waals surface area contributed by atoms with Gasteiger partial charge < -0.3 is 4.74 Å². The minimum absolute atomic E-state index is 0.0454. The number of esters is 1. The van der Waals surface area contributed by atoms with E-state index in [1.54, 1.807) is 18.3 Å². The topological polar surface area (TPSA) is 52.1 Å². The van der Waals surface area contributed by atoms with Crippen molar-refractivity contribution in [3.8, 4) is 11.3 Å². The molecule has 4 heteroatoms. The number of ether oxygens (including phenoxy) is 1. The molecule has 0 spiro atoms. The van der Waals surface area contributed by atoms with E-state index in [4.69, 9.17) is 4.74 Å². The maximum absolute atomic E-state index is 12.3. The van der Waals surface area contributed by atoms with Gasteiger partial charge in [0.05, 0.1) is 29.3 Å². The van der Waals surface area contributed by atoms with Gasteiger partial charge in [-0.25, -0.2) is 4.79 Å². The molecule has 0 N–H and O–H groups in total. The van der Waals surface area contributed by atoms with Crippen LogP contribution >= 0.6 is 0 Å². The van der Waals surface area contributed by atoms with Crippen molar-refractivity contribution in [2.24, 2.45) is 0 Å². The van der Waals surface area contributed by atoms with Crippen molar-refractivity contribution in [1.82, 2.24) is 9.97 Å². The van der Waals surface area contributed by atoms with E-state index in [9.17, 15) is 4.79 Å². The van der Waals surface area contributed by atoms with Gasteiger partial charge in [-0.1, -0.05) is 51.7 Å². The minimum atomic E-state index is -0.260. The lowest BCUT2D eigenvalue weighted by molar-refractivity contribution is 0.0319. The van der Waals surface area contributed by atoms with E-state index in [0.29, 0.717) is 5.56 Å². The van der Waals surface area contributed by atoms with Crippen LogP contribution < -0.4 is 0 Å². The zero-order valence-electron chi connectivity index (χ0n) is 16.2. The molecule has 2 aromatic rings. The molecule has 2 rings (SSSR count). The molecular weight excluding hydrogens is 324 g/mol. The second-order valence-electron chi connectivity index (χ2n) is 6.79. The van der Waals surface area contributed by atoms with E-state index in [0.717, 1.165) is 42.6 Å². The molecule has 0 aliphatic carbocycles. The van der Waals surface area contributed by atoms with Gasteiger partial charge in [0, 0.05) is 11.8 Å². The Labute approximate surface area is 157 Å². The summed E-state index contributed by atoms with van der Waals surface area (Å²) in [5.74, 6) is -0.260. The molecule has 0 radical (unpaired) electrons. The zero-order valence-corrected chi connectivity index (χ0v) is 16.2. The average molecular weight is 354 g/mol. The molecule has 0 amide bonds. The first kappa shape index (κ1) is 20.1. The summed E-state index contributed by atoms with van der Waals surface area (Å²) in [7, 11) is 0. The number of rotatable bonds is 10. The first-order valence-electron chi connectivity index (χ1n) is 9.76. The van der Waals surface area contributed by atoms with Crippen LogP contribution in [0.4, 0.5) is 0 Å². The van der Waals surface area contributed by atoms with Gasteiger partial charge in [0.1, 0.15) is 0 Å². The van der Waals surface area contributed by atoms with E-state index in [1.807, 2.05) is 25.3 Å². The minimum Gasteiger partial charge on any atom is -0.459 e. The Bertz CT molecular complexity index is 666. The fourth-order valence-corrected chi connectivity index (χ4v) is 2.83. The Hall–Kier alpha value is -2.23. The normalized spacial score (nSPS) is 12.0. The highest BCUT2D eigenvalue weighted by molar-refractivity contribution is 5.90. The van der Waals surface area contributed by atoms with Crippen molar-refractivity contribution in [1.29, 1.82) is 0 Å². The van der Waals surface area contributed by atoms with Gasteiger partial charge in [-0.2, -0.15) is 0 Å². The number of aromatic nitrogens is 2. The highest BCUT2D eigenvalue weighted by Gasteiger charge is 2.12. The molecule has 4 nitrogen and oxygen atoms in total. The van der Waals surface area contributed by atoms with Crippen molar-refractivity contribution in [3.05, 3.63) is 47.9 Å². The lowest BCUT2D eigenvalue weighted by Crippen LogP contribution is -2.15. The number of carbonyl (C=O) groups excluding carboxylic acids is 1. The highest BCUT2D eigenvalue weighted by Crippen LogP contribution is 2.18. The number of hydrogen-bond acceptors (Lipinski definition) is 4. The lowest BCUT2D eigenvalue weighted by Gasteiger charge is -2.13. The standard InChI is InChI=1S/C22H30N2O2/c1-4-6-7-8-10-17(3)26-22(25)19-13-11-18(12-14-19)21-16-23-20(9-5-2)15-24-21/h11-17H,4-10H2,1-3H3/t17-/m1/s1. The van der Waals surface area contributed by atoms with Crippen LogP contribution in [0.1, 0.15) is 75.3 Å². The maximum atomic E-state index is 12.3. The predicted octanol–water partition coefficient (Wildman–Crippen LogP) is 5.61. The number of unbranched alkanes of at least 4 members (excludes halogenated alkanes) is 3. The summed E-state index contributed by atoms with van der Waals surface area (Å²) in [6.45, 7) is 6.28. The number of aryl methyl sites for hydroxylation is 1. The third-order valence-electron chi connectivity index (χ3n) is 4.40. The van der Waals surface area contributed by atoms with Crippen molar-refractivity contribution in [2.45, 2.75) is 71.8 Å². The Kier molecular flexibility index (Phi) is 8.26. The second kappa shape index (κ2) is 10.7. The molecule has 0 aliphatic rings. The van der Waals surface area contributed by atoms with E-state index in [-0.39, 0.29) is 12.1 Å². The van der Waals surface area contributed by atoms with Crippen molar-refractivity contribution >= 4 is 5.97 Å². The quantitative estimate of drug-likeness (QED) is 0.411. The molecule has 26 heavy (non-hydrogen) atoms. The molecule has 1 aromatic carbocycles. The van der Waals surface area contributed by atoms with Crippen molar-refractivity contribution in [3.63, 3.8) is 0 Å². The van der Waals surface area contributed by atoms with E-state index < -0.39 is 0 Å². The SMILES string of the molecule is CCCCCC[C@@H](C)OC(=O)c1ccc(-c2cnc(CCC)cn2)cc1. The molecule has 1 heterocycles. The zero-order chi connectivity index (χ0) is 18.8. The Balaban J connectivity index is 1.90. The van der Waals surface area contributed by atoms with Gasteiger partial charge in [0.2, 0.25) is 0 Å². The molecule has 0 saturated heterocycles. The highest BCUT2D eigenvalue weighted by atomic mass is 16.5. The largest absolute Gasteiger partial charge is 0.459 e. The van der Waals surface area contributed by atoms with Crippen LogP contribution in [0.15, 0.2) is 36.7 Å². The van der Waals surface area contributed by atoms with Crippen LogP contribution in [-0.2, 0) is 11.2 Å². The molecular formula is C22H30N2O2. The van der Waals surface area contributed by atoms with E-state index in [1.165, 1.54) is 19.3 Å². The van der Waals surface area contributed by atoms with Gasteiger partial charge >= 0.3 is 5.97 Å². The molecule has 0 fully saturated rings. The Morgan fingerprint density at radius 2 is 1.77 bits per heavy atom. The molecule has 140 valence electrons. The summed E-state index contributed by atoms with van der Waals surface area (Å²) >= 11 is 0. The number of carbonyl (C=O) groups is 1. The first-order chi connectivity index (χ1) is 12.6. The molecule has 0 aliphatic heterocycles. The maximum Gasteiger partial charge on any atom is 0.338 e. The summed E-state index contributed by atoms with van der Waals surface area (Å²) in [6, 6.07) is 7.38. The van der Waals surface area contributed by atoms with Gasteiger partial charge in [-0.15, -0.1) is 0 Å². The smallest absolute Gasteiger partial charge is 0.338 e. The van der Waals surface area contributed by atoms with Crippen molar-refractivity contribution in [2.75, 3.05) is 0 Å². The summed E-state index contributed by atoms with van der Waals surface area (Å²) in [4.78, 5) is 21.1. The van der Waals surface area contributed by atoms with Gasteiger partial charge in [-0.05, 0) is 38.3 Å². The van der Waals surface area contributed by atoms with Gasteiger partial charge in [0.25, 0.3) is 0 Å². The number of hydrogen-bond donors (Lipinski definition) is 0. The van der Waals surface area contributed by atoms with E-state index in [2.05, 4.69) is 23.8 Å². The van der Waals surface area contributed by atoms with Crippen LogP contribution in [0.3, 0.4) is 0 Å². The van der Waals surface area contributed by atoms with Crippen LogP contribution in [0, 0.1) is 0 Å². The molecule has 0 saturated carbocycles. The molecule has 1 aromatic heterocycles. The van der Waals surface area contributed by atoms with Crippen LogP contribution in [-0.4, -0.2) is 22.0 Å². The molecule has 1 atom stereocenters. The van der Waals surface area contributed by atoms with Crippen LogP contribution in [0.25, 0.3) is 11.3 Å². The Morgan fingerprint density at radius 1 is 1.00 bits per heavy atom. The summed E-state index contributed by atoms with van der Waals surface area (Å²) in [6.07, 6.45) is 11.2. The fourth-order valence-electron chi connectivity index (χ4n) is 2.83. The predicted molar refractivity (Wildman–Crippen MR) is 105 cm³/mol. The number of benzene rings is 1. The summed E-state index contributed by atoms with van der Waals surface area (Å²) in [5, 5.41) is 0. The molecule has 0 bridgehead atoms. The third-order valence-corrected chi connectivity index (χ3v) is 4.40. The van der Waals surface area contributed by atoms with E-state index >= 15 is 0 Å². The van der Waals surface area contributed by atoms with Crippen LogP contribution in [0.5, 0.6) is 0 Å². The van der Waals surface area contributed by atoms with Crippen molar-refractivity contribution < 1.29 is 9.53 Å². The lowest BCUT2D eigenvalue weighted by atomic mass is 10.1. The average Bonchev–Trinajstić information content (AvgIpc) is 2.66. The third kappa shape index (κ3) is 6.25. The van der Waals surface area contributed by atoms with Gasteiger partial charge in [0.15, 0.2) is 0 Å². The summed E-state index contributed by atoms with van der Waals surface area (Å²) < 4.78 is 5.54. The second-order valence-corrected chi connectivity index (χ2v) is 6.79. The fraction of sp³-hybridized carbons (Fsp3) is 0.500. The van der Waals surface area contributed by atoms with Gasteiger partial charge in [-0.3, -0.25) is 9.97 Å². The van der Waals surface area contributed by atoms with Crippen LogP contribution in [0.2, 0.25) is 0 Å². The number of nitrogens with zero attached hydrogens (tertiary/aromatic N) is 2. The monoisotopic (exact) mass is 354 g/mol.